The summed E-state index contributed by atoms with van der Waals surface area (Å²) < 4.78 is 0. The minimum atomic E-state index is -0.635. The number of halogens is 1. The molecule has 0 unspecified atom stereocenters. The average Bonchev–Trinajstić information content (AvgIpc) is 2.83. The summed E-state index contributed by atoms with van der Waals surface area (Å²) in [5, 5.41) is 17.8. The highest BCUT2D eigenvalue weighted by Crippen LogP contribution is 2.24. The number of carbonyl (C=O) groups is 1. The van der Waals surface area contributed by atoms with Crippen LogP contribution in [0.15, 0.2) is 18.2 Å². The van der Waals surface area contributed by atoms with E-state index in [1.54, 1.807) is 6.92 Å². The molecule has 0 bridgehead atoms. The highest BCUT2D eigenvalue weighted by Gasteiger charge is 2.23. The van der Waals surface area contributed by atoms with Crippen LogP contribution >= 0.6 is 11.6 Å². The summed E-state index contributed by atoms with van der Waals surface area (Å²) in [7, 11) is 1.52. The Morgan fingerprint density at radius 2 is 2.24 bits per heavy atom. The first kappa shape index (κ1) is 14.9. The molecule has 0 atom stereocenters. The second kappa shape index (κ2) is 5.88. The Morgan fingerprint density at radius 3 is 2.81 bits per heavy atom. The summed E-state index contributed by atoms with van der Waals surface area (Å²) in [6.07, 6.45) is 0. The van der Waals surface area contributed by atoms with Crippen molar-refractivity contribution in [2.75, 3.05) is 7.05 Å². The van der Waals surface area contributed by atoms with E-state index in [0.717, 1.165) is 6.07 Å². The van der Waals surface area contributed by atoms with Gasteiger partial charge < -0.3 is 4.90 Å². The number of hydrogen-bond donors (Lipinski definition) is 1. The van der Waals surface area contributed by atoms with Crippen molar-refractivity contribution in [3.63, 3.8) is 0 Å². The van der Waals surface area contributed by atoms with Crippen LogP contribution in [0.4, 0.5) is 5.69 Å². The Kier molecular flexibility index (Phi) is 4.18. The van der Waals surface area contributed by atoms with Crippen molar-refractivity contribution in [3.8, 4) is 0 Å². The number of carbonyl (C=O) groups excluding carboxylic acids is 1. The standard InChI is InChI=1S/C12H12ClN5O3/c1-7-14-11(16-15-7)6-17(2)12(19)9-4-3-8(13)5-10(9)18(20)21/h3-5H,6H2,1-2H3,(H,14,15,16). The van der Waals surface area contributed by atoms with Crippen molar-refractivity contribution in [2.45, 2.75) is 13.5 Å². The van der Waals surface area contributed by atoms with E-state index in [2.05, 4.69) is 15.2 Å². The molecule has 1 aromatic heterocycles. The van der Waals surface area contributed by atoms with E-state index in [9.17, 15) is 14.9 Å². The Hall–Kier alpha value is -2.48. The van der Waals surface area contributed by atoms with Crippen LogP contribution < -0.4 is 0 Å². The molecule has 0 spiro atoms. The maximum Gasteiger partial charge on any atom is 0.283 e. The van der Waals surface area contributed by atoms with E-state index in [0.29, 0.717) is 11.6 Å². The van der Waals surface area contributed by atoms with E-state index in [4.69, 9.17) is 11.6 Å². The molecular formula is C12H12ClN5O3. The fraction of sp³-hybridized carbons (Fsp3) is 0.250. The molecule has 2 rings (SSSR count). The number of aromatic nitrogens is 3. The molecule has 1 N–H and O–H groups in total. The first-order valence-electron chi connectivity index (χ1n) is 5.95. The van der Waals surface area contributed by atoms with Crippen molar-refractivity contribution in [1.82, 2.24) is 20.1 Å². The second-order valence-corrected chi connectivity index (χ2v) is 4.85. The molecule has 0 aliphatic rings. The molecule has 0 saturated heterocycles. The Morgan fingerprint density at radius 1 is 1.52 bits per heavy atom. The number of benzene rings is 1. The van der Waals surface area contributed by atoms with Crippen molar-refractivity contribution >= 4 is 23.2 Å². The normalized spacial score (nSPS) is 10.4. The molecule has 0 saturated carbocycles. The van der Waals surface area contributed by atoms with Gasteiger partial charge in [0.1, 0.15) is 11.4 Å². The van der Waals surface area contributed by atoms with E-state index in [1.165, 1.54) is 24.1 Å². The lowest BCUT2D eigenvalue weighted by molar-refractivity contribution is -0.385. The topological polar surface area (TPSA) is 105 Å². The number of nitro groups is 1. The number of nitrogens with one attached hydrogen (secondary N) is 1. The molecule has 1 aromatic carbocycles. The third-order valence-electron chi connectivity index (χ3n) is 2.76. The lowest BCUT2D eigenvalue weighted by Gasteiger charge is -2.15. The molecule has 1 amide bonds. The zero-order chi connectivity index (χ0) is 15.6. The largest absolute Gasteiger partial charge is 0.334 e. The lowest BCUT2D eigenvalue weighted by atomic mass is 10.1. The van der Waals surface area contributed by atoms with Gasteiger partial charge in [0.2, 0.25) is 0 Å². The highest BCUT2D eigenvalue weighted by molar-refractivity contribution is 6.31. The van der Waals surface area contributed by atoms with Crippen LogP contribution in [-0.4, -0.2) is 38.0 Å². The minimum absolute atomic E-state index is 0.0286. The fourth-order valence-electron chi connectivity index (χ4n) is 1.79. The summed E-state index contributed by atoms with van der Waals surface area (Å²) in [4.78, 5) is 28.1. The summed E-state index contributed by atoms with van der Waals surface area (Å²) in [6.45, 7) is 1.88. The van der Waals surface area contributed by atoms with E-state index < -0.39 is 10.8 Å². The van der Waals surface area contributed by atoms with Gasteiger partial charge in [0.05, 0.1) is 11.5 Å². The van der Waals surface area contributed by atoms with Crippen LogP contribution in [0.3, 0.4) is 0 Å². The van der Waals surface area contributed by atoms with Crippen LogP contribution in [-0.2, 0) is 6.54 Å². The van der Waals surface area contributed by atoms with Crippen LogP contribution in [0.5, 0.6) is 0 Å². The van der Waals surface area contributed by atoms with Gasteiger partial charge in [0.15, 0.2) is 5.82 Å². The molecule has 110 valence electrons. The van der Waals surface area contributed by atoms with Crippen LogP contribution in [0.1, 0.15) is 22.0 Å². The number of amides is 1. The monoisotopic (exact) mass is 309 g/mol. The molecule has 1 heterocycles. The fourth-order valence-corrected chi connectivity index (χ4v) is 1.95. The summed E-state index contributed by atoms with van der Waals surface area (Å²) in [6, 6.07) is 3.93. The van der Waals surface area contributed by atoms with Gasteiger partial charge in [-0.05, 0) is 19.1 Å². The number of rotatable bonds is 4. The molecule has 0 radical (unpaired) electrons. The maximum absolute atomic E-state index is 12.3. The quantitative estimate of drug-likeness (QED) is 0.686. The number of nitrogens with zero attached hydrogens (tertiary/aromatic N) is 4. The van der Waals surface area contributed by atoms with Gasteiger partial charge in [-0.1, -0.05) is 11.6 Å². The SMILES string of the molecule is Cc1nc(CN(C)C(=O)c2ccc(Cl)cc2[N+](=O)[O-])n[nH]1. The highest BCUT2D eigenvalue weighted by atomic mass is 35.5. The minimum Gasteiger partial charge on any atom is -0.334 e. The summed E-state index contributed by atoms with van der Waals surface area (Å²) >= 11 is 5.72. The summed E-state index contributed by atoms with van der Waals surface area (Å²) in [5.41, 5.74) is -0.357. The van der Waals surface area contributed by atoms with Crippen LogP contribution in [0.25, 0.3) is 0 Å². The van der Waals surface area contributed by atoms with Crippen molar-refractivity contribution in [1.29, 1.82) is 0 Å². The van der Waals surface area contributed by atoms with Crippen LogP contribution in [0, 0.1) is 17.0 Å². The molecule has 2 aromatic rings. The molecular weight excluding hydrogens is 298 g/mol. The van der Waals surface area contributed by atoms with E-state index in [-0.39, 0.29) is 22.8 Å². The number of aromatic amines is 1. The number of aryl methyl sites for hydroxylation is 1. The third kappa shape index (κ3) is 3.34. The van der Waals surface area contributed by atoms with Crippen LogP contribution in [0.2, 0.25) is 5.02 Å². The van der Waals surface area contributed by atoms with Crippen molar-refractivity contribution < 1.29 is 9.72 Å². The van der Waals surface area contributed by atoms with Gasteiger partial charge in [0.25, 0.3) is 11.6 Å². The zero-order valence-corrected chi connectivity index (χ0v) is 12.1. The molecule has 8 nitrogen and oxygen atoms in total. The van der Waals surface area contributed by atoms with Gasteiger partial charge in [-0.25, -0.2) is 4.98 Å². The predicted octanol–water partition coefficient (Wildman–Crippen LogP) is 1.95. The molecule has 0 fully saturated rings. The maximum atomic E-state index is 12.3. The van der Waals surface area contributed by atoms with Crippen molar-refractivity contribution in [3.05, 3.63) is 50.5 Å². The Bertz CT molecular complexity index is 700. The first-order chi connectivity index (χ1) is 9.88. The van der Waals surface area contributed by atoms with Gasteiger partial charge in [-0.2, -0.15) is 5.10 Å². The molecule has 9 heteroatoms. The average molecular weight is 310 g/mol. The molecule has 21 heavy (non-hydrogen) atoms. The number of nitro benzene ring substituents is 1. The molecule has 0 aliphatic carbocycles. The third-order valence-corrected chi connectivity index (χ3v) is 2.99. The number of H-pyrrole nitrogens is 1. The zero-order valence-electron chi connectivity index (χ0n) is 11.3. The van der Waals surface area contributed by atoms with Gasteiger partial charge in [-0.3, -0.25) is 20.0 Å². The van der Waals surface area contributed by atoms with E-state index >= 15 is 0 Å². The van der Waals surface area contributed by atoms with Gasteiger partial charge in [0, 0.05) is 18.1 Å². The smallest absolute Gasteiger partial charge is 0.283 e. The molecule has 0 aliphatic heterocycles. The summed E-state index contributed by atoms with van der Waals surface area (Å²) in [5.74, 6) is 0.559. The first-order valence-corrected chi connectivity index (χ1v) is 6.33. The Labute approximate surface area is 124 Å². The Balaban J connectivity index is 2.25. The van der Waals surface area contributed by atoms with Gasteiger partial charge in [-0.15, -0.1) is 0 Å². The van der Waals surface area contributed by atoms with Gasteiger partial charge >= 0.3 is 0 Å². The van der Waals surface area contributed by atoms with Crippen molar-refractivity contribution in [2.24, 2.45) is 0 Å². The predicted molar refractivity (Wildman–Crippen MR) is 75.0 cm³/mol. The van der Waals surface area contributed by atoms with E-state index in [1.807, 2.05) is 0 Å². The number of hydrogen-bond acceptors (Lipinski definition) is 5. The second-order valence-electron chi connectivity index (χ2n) is 4.42. The lowest BCUT2D eigenvalue weighted by Crippen LogP contribution is -2.27.